The van der Waals surface area contributed by atoms with Gasteiger partial charge in [0.2, 0.25) is 0 Å². The molecule has 114 valence electrons. The minimum Gasteiger partial charge on any atom is -0.370 e. The van der Waals surface area contributed by atoms with Crippen LogP contribution in [0.5, 0.6) is 0 Å². The van der Waals surface area contributed by atoms with Crippen LogP contribution in [0.2, 0.25) is 5.02 Å². The quantitative estimate of drug-likeness (QED) is 0.722. The topological polar surface area (TPSA) is 28.2 Å². The predicted octanol–water partition coefficient (Wildman–Crippen LogP) is 5.01. The first-order valence-corrected chi connectivity index (χ1v) is 8.94. The van der Waals surface area contributed by atoms with Crippen molar-refractivity contribution in [2.24, 2.45) is 0 Å². The molecular weight excluding hydrogens is 370 g/mol. The Morgan fingerprint density at radius 3 is 2.86 bits per heavy atom. The van der Waals surface area contributed by atoms with Gasteiger partial charge in [0.25, 0.3) is 0 Å². The van der Waals surface area contributed by atoms with Gasteiger partial charge in [0.05, 0.1) is 10.7 Å². The summed E-state index contributed by atoms with van der Waals surface area (Å²) in [5.74, 6) is 0.892. The molecular formula is C15H19BrClN3S. The van der Waals surface area contributed by atoms with Gasteiger partial charge in [-0.05, 0) is 47.6 Å². The lowest BCUT2D eigenvalue weighted by Gasteiger charge is -2.16. The largest absolute Gasteiger partial charge is 0.370 e. The van der Waals surface area contributed by atoms with Crippen molar-refractivity contribution in [3.63, 3.8) is 0 Å². The molecule has 0 aromatic carbocycles. The highest BCUT2D eigenvalue weighted by Gasteiger charge is 2.09. The molecule has 0 saturated carbocycles. The van der Waals surface area contributed by atoms with Crippen molar-refractivity contribution in [2.45, 2.75) is 26.4 Å². The number of nitrogens with one attached hydrogen (secondary N) is 1. The molecule has 1 N–H and O–H groups in total. The van der Waals surface area contributed by atoms with Crippen LogP contribution in [0.25, 0.3) is 0 Å². The molecule has 0 unspecified atom stereocenters. The van der Waals surface area contributed by atoms with Crippen molar-refractivity contribution >= 4 is 44.7 Å². The van der Waals surface area contributed by atoms with Gasteiger partial charge < -0.3 is 5.32 Å². The summed E-state index contributed by atoms with van der Waals surface area (Å²) in [6.07, 6.45) is 1.08. The maximum absolute atomic E-state index is 6.26. The molecule has 0 fully saturated rings. The normalized spacial score (nSPS) is 11.1. The van der Waals surface area contributed by atoms with Crippen LogP contribution in [0.1, 0.15) is 23.9 Å². The Hall–Kier alpha value is -0.620. The molecule has 0 radical (unpaired) electrons. The fraction of sp³-hybridized carbons (Fsp3) is 0.400. The van der Waals surface area contributed by atoms with E-state index in [0.29, 0.717) is 0 Å². The summed E-state index contributed by atoms with van der Waals surface area (Å²) in [5, 5.41) is 6.12. The van der Waals surface area contributed by atoms with Crippen LogP contribution in [0.15, 0.2) is 28.1 Å². The van der Waals surface area contributed by atoms with E-state index in [1.807, 2.05) is 12.1 Å². The summed E-state index contributed by atoms with van der Waals surface area (Å²) in [7, 11) is 2.08. The van der Waals surface area contributed by atoms with Crippen molar-refractivity contribution in [1.82, 2.24) is 9.88 Å². The maximum Gasteiger partial charge on any atom is 0.126 e. The summed E-state index contributed by atoms with van der Waals surface area (Å²) >= 11 is 11.5. The Morgan fingerprint density at radius 2 is 2.19 bits per heavy atom. The van der Waals surface area contributed by atoms with Crippen molar-refractivity contribution in [3.05, 3.63) is 43.6 Å². The Balaban J connectivity index is 2.00. The molecule has 0 spiro atoms. The van der Waals surface area contributed by atoms with Gasteiger partial charge in [-0.15, -0.1) is 11.3 Å². The van der Waals surface area contributed by atoms with Crippen LogP contribution in [-0.2, 0) is 13.1 Å². The van der Waals surface area contributed by atoms with Gasteiger partial charge >= 0.3 is 0 Å². The lowest BCUT2D eigenvalue weighted by atomic mass is 10.3. The molecule has 0 amide bonds. The van der Waals surface area contributed by atoms with Gasteiger partial charge in [0, 0.05) is 34.4 Å². The van der Waals surface area contributed by atoms with Crippen LogP contribution in [0, 0.1) is 0 Å². The molecule has 2 heterocycles. The van der Waals surface area contributed by atoms with Gasteiger partial charge in [-0.2, -0.15) is 0 Å². The minimum atomic E-state index is 0.719. The molecule has 0 aliphatic carbocycles. The monoisotopic (exact) mass is 387 g/mol. The highest BCUT2D eigenvalue weighted by molar-refractivity contribution is 9.10. The Kier molecular flexibility index (Phi) is 6.48. The van der Waals surface area contributed by atoms with E-state index in [-0.39, 0.29) is 0 Å². The number of thiophene rings is 1. The number of aromatic nitrogens is 1. The SMILES string of the molecule is CCCNc1ccc(Cl)c(CN(C)Cc2cc(Br)cs2)n1. The van der Waals surface area contributed by atoms with Gasteiger partial charge in [-0.3, -0.25) is 4.90 Å². The molecule has 0 aliphatic rings. The molecule has 21 heavy (non-hydrogen) atoms. The Labute approximate surface area is 143 Å². The first kappa shape index (κ1) is 16.7. The smallest absolute Gasteiger partial charge is 0.126 e. The van der Waals surface area contributed by atoms with Crippen LogP contribution < -0.4 is 5.32 Å². The molecule has 2 rings (SSSR count). The van der Waals surface area contributed by atoms with E-state index in [9.17, 15) is 0 Å². The summed E-state index contributed by atoms with van der Waals surface area (Å²) in [4.78, 5) is 8.14. The molecule has 3 nitrogen and oxygen atoms in total. The molecule has 0 saturated heterocycles. The Morgan fingerprint density at radius 1 is 1.38 bits per heavy atom. The second kappa shape index (κ2) is 8.13. The molecule has 2 aromatic rings. The molecule has 0 aliphatic heterocycles. The zero-order valence-corrected chi connectivity index (χ0v) is 15.4. The van der Waals surface area contributed by atoms with E-state index >= 15 is 0 Å². The number of rotatable bonds is 7. The minimum absolute atomic E-state index is 0.719. The summed E-state index contributed by atoms with van der Waals surface area (Å²) in [6, 6.07) is 5.99. The average molecular weight is 389 g/mol. The Bertz CT molecular complexity index is 588. The van der Waals surface area contributed by atoms with E-state index in [0.717, 1.165) is 47.1 Å². The van der Waals surface area contributed by atoms with Crippen molar-refractivity contribution in [2.75, 3.05) is 18.9 Å². The highest BCUT2D eigenvalue weighted by atomic mass is 79.9. The van der Waals surface area contributed by atoms with E-state index < -0.39 is 0 Å². The second-order valence-corrected chi connectivity index (χ2v) is 7.27. The first-order valence-electron chi connectivity index (χ1n) is 6.89. The zero-order chi connectivity index (χ0) is 15.2. The van der Waals surface area contributed by atoms with Crippen LogP contribution in [0.4, 0.5) is 5.82 Å². The molecule has 0 bridgehead atoms. The highest BCUT2D eigenvalue weighted by Crippen LogP contribution is 2.23. The number of nitrogens with zero attached hydrogens (tertiary/aromatic N) is 2. The predicted molar refractivity (Wildman–Crippen MR) is 95.2 cm³/mol. The zero-order valence-electron chi connectivity index (χ0n) is 12.2. The summed E-state index contributed by atoms with van der Waals surface area (Å²) < 4.78 is 1.14. The van der Waals surface area contributed by atoms with Crippen molar-refractivity contribution in [3.8, 4) is 0 Å². The average Bonchev–Trinajstić information content (AvgIpc) is 2.84. The van der Waals surface area contributed by atoms with Gasteiger partial charge in [-0.1, -0.05) is 18.5 Å². The fourth-order valence-electron chi connectivity index (χ4n) is 1.96. The maximum atomic E-state index is 6.26. The molecule has 0 atom stereocenters. The summed E-state index contributed by atoms with van der Waals surface area (Å²) in [5.41, 5.74) is 0.913. The van der Waals surface area contributed by atoms with E-state index in [4.69, 9.17) is 11.6 Å². The van der Waals surface area contributed by atoms with Gasteiger partial charge in [0.1, 0.15) is 5.82 Å². The lowest BCUT2D eigenvalue weighted by molar-refractivity contribution is 0.318. The number of pyridine rings is 1. The molecule has 6 heteroatoms. The van der Waals surface area contributed by atoms with Crippen molar-refractivity contribution < 1.29 is 0 Å². The summed E-state index contributed by atoms with van der Waals surface area (Å²) in [6.45, 7) is 4.68. The number of anilines is 1. The van der Waals surface area contributed by atoms with E-state index in [1.54, 1.807) is 11.3 Å². The molecule has 2 aromatic heterocycles. The second-order valence-electron chi connectivity index (χ2n) is 4.96. The third-order valence-electron chi connectivity index (χ3n) is 2.94. The van der Waals surface area contributed by atoms with E-state index in [1.165, 1.54) is 4.88 Å². The third-order valence-corrected chi connectivity index (χ3v) is 4.97. The van der Waals surface area contributed by atoms with E-state index in [2.05, 4.69) is 56.5 Å². The van der Waals surface area contributed by atoms with Gasteiger partial charge in [-0.25, -0.2) is 4.98 Å². The van der Waals surface area contributed by atoms with Crippen molar-refractivity contribution in [1.29, 1.82) is 0 Å². The lowest BCUT2D eigenvalue weighted by Crippen LogP contribution is -2.18. The van der Waals surface area contributed by atoms with Crippen LogP contribution in [0.3, 0.4) is 0 Å². The number of hydrogen-bond donors (Lipinski definition) is 1. The third kappa shape index (κ3) is 5.25. The van der Waals surface area contributed by atoms with Crippen LogP contribution in [-0.4, -0.2) is 23.5 Å². The fourth-order valence-corrected chi connectivity index (χ4v) is 3.66. The first-order chi connectivity index (χ1) is 10.1. The van der Waals surface area contributed by atoms with Gasteiger partial charge in [0.15, 0.2) is 0 Å². The van der Waals surface area contributed by atoms with Crippen LogP contribution >= 0.6 is 38.9 Å². The number of hydrogen-bond acceptors (Lipinski definition) is 4. The number of halogens is 2. The standard InChI is InChI=1S/C15H19BrClN3S/c1-3-6-18-15-5-4-13(17)14(19-15)9-20(2)8-12-7-11(16)10-21-12/h4-5,7,10H,3,6,8-9H2,1-2H3,(H,18,19).